The standard InChI is InChI=1S/C26H33N5O2/c1-17-5-4-6-21(13-17)29(3)11-10-23(32)30-12-9-20(16-30)25-27-18(2)22-14-24(33)31(26(22)28-25)15-19-7-8-19/h4-6,13,19-20H,7-12,14-16H2,1-3H3. The fourth-order valence-corrected chi connectivity index (χ4v) is 4.94. The highest BCUT2D eigenvalue weighted by Crippen LogP contribution is 2.37. The van der Waals surface area contributed by atoms with Crippen LogP contribution in [0.5, 0.6) is 0 Å². The minimum Gasteiger partial charge on any atom is -0.374 e. The van der Waals surface area contributed by atoms with Gasteiger partial charge in [-0.05, 0) is 56.7 Å². The van der Waals surface area contributed by atoms with Crippen molar-refractivity contribution in [1.82, 2.24) is 14.9 Å². The van der Waals surface area contributed by atoms with Gasteiger partial charge in [0, 0.05) is 62.5 Å². The molecule has 0 spiro atoms. The van der Waals surface area contributed by atoms with Gasteiger partial charge in [0.05, 0.1) is 6.42 Å². The molecule has 7 nitrogen and oxygen atoms in total. The maximum Gasteiger partial charge on any atom is 0.232 e. The van der Waals surface area contributed by atoms with Crippen LogP contribution in [0, 0.1) is 19.8 Å². The van der Waals surface area contributed by atoms with Gasteiger partial charge in [0.15, 0.2) is 0 Å². The largest absolute Gasteiger partial charge is 0.374 e. The Hall–Kier alpha value is -2.96. The summed E-state index contributed by atoms with van der Waals surface area (Å²) in [5, 5.41) is 0. The van der Waals surface area contributed by atoms with Crippen molar-refractivity contribution in [3.8, 4) is 0 Å². The number of rotatable bonds is 7. The molecule has 0 bridgehead atoms. The Morgan fingerprint density at radius 3 is 2.76 bits per heavy atom. The molecule has 1 unspecified atom stereocenters. The molecule has 1 atom stereocenters. The Kier molecular flexibility index (Phi) is 5.81. The number of carbonyl (C=O) groups excluding carboxylic acids is 2. The van der Waals surface area contributed by atoms with E-state index in [0.717, 1.165) is 48.1 Å². The van der Waals surface area contributed by atoms with E-state index >= 15 is 0 Å². The van der Waals surface area contributed by atoms with Crippen LogP contribution in [0.15, 0.2) is 24.3 Å². The molecule has 0 radical (unpaired) electrons. The monoisotopic (exact) mass is 447 g/mol. The Bertz CT molecular complexity index is 1080. The van der Waals surface area contributed by atoms with E-state index in [9.17, 15) is 9.59 Å². The van der Waals surface area contributed by atoms with Crippen LogP contribution in [0.4, 0.5) is 11.5 Å². The first-order valence-corrected chi connectivity index (χ1v) is 12.1. The van der Waals surface area contributed by atoms with Gasteiger partial charge in [-0.2, -0.15) is 0 Å². The first-order valence-electron chi connectivity index (χ1n) is 12.1. The second-order valence-corrected chi connectivity index (χ2v) is 9.93. The summed E-state index contributed by atoms with van der Waals surface area (Å²) in [6.45, 7) is 6.93. The fraction of sp³-hybridized carbons (Fsp3) is 0.538. The molecule has 1 saturated carbocycles. The molecule has 2 fully saturated rings. The zero-order valence-corrected chi connectivity index (χ0v) is 19.9. The van der Waals surface area contributed by atoms with Crippen LogP contribution in [0.3, 0.4) is 0 Å². The highest BCUT2D eigenvalue weighted by molar-refractivity contribution is 6.00. The number of aromatic nitrogens is 2. The lowest BCUT2D eigenvalue weighted by Gasteiger charge is -2.22. The molecule has 1 aliphatic carbocycles. The molecule has 1 aromatic carbocycles. The van der Waals surface area contributed by atoms with Crippen molar-refractivity contribution in [2.75, 3.05) is 43.0 Å². The smallest absolute Gasteiger partial charge is 0.232 e. The van der Waals surface area contributed by atoms with Gasteiger partial charge in [-0.15, -0.1) is 0 Å². The SMILES string of the molecule is Cc1cccc(N(C)CCC(=O)N2CCC(c3nc(C)c4c(n3)N(CC3CC3)C(=O)C4)C2)c1. The Balaban J connectivity index is 1.22. The lowest BCUT2D eigenvalue weighted by Crippen LogP contribution is -2.32. The minimum absolute atomic E-state index is 0.130. The summed E-state index contributed by atoms with van der Waals surface area (Å²) in [6, 6.07) is 8.35. The lowest BCUT2D eigenvalue weighted by atomic mass is 10.1. The number of likely N-dealkylation sites (tertiary alicyclic amines) is 1. The third-order valence-electron chi connectivity index (χ3n) is 7.24. The Labute approximate surface area is 195 Å². The van der Waals surface area contributed by atoms with E-state index in [-0.39, 0.29) is 17.7 Å². The van der Waals surface area contributed by atoms with Crippen molar-refractivity contribution in [2.45, 2.75) is 51.9 Å². The predicted octanol–water partition coefficient (Wildman–Crippen LogP) is 3.23. The van der Waals surface area contributed by atoms with Crippen molar-refractivity contribution in [1.29, 1.82) is 0 Å². The highest BCUT2D eigenvalue weighted by Gasteiger charge is 2.37. The summed E-state index contributed by atoms with van der Waals surface area (Å²) < 4.78 is 0. The average Bonchev–Trinajstić information content (AvgIpc) is 3.37. The van der Waals surface area contributed by atoms with Gasteiger partial charge >= 0.3 is 0 Å². The van der Waals surface area contributed by atoms with Gasteiger partial charge in [-0.1, -0.05) is 12.1 Å². The highest BCUT2D eigenvalue weighted by atomic mass is 16.2. The van der Waals surface area contributed by atoms with Gasteiger partial charge < -0.3 is 9.80 Å². The maximum atomic E-state index is 12.9. The zero-order valence-electron chi connectivity index (χ0n) is 19.9. The zero-order chi connectivity index (χ0) is 23.1. The lowest BCUT2D eigenvalue weighted by molar-refractivity contribution is -0.130. The van der Waals surface area contributed by atoms with Crippen LogP contribution in [-0.2, 0) is 16.0 Å². The molecule has 5 rings (SSSR count). The Morgan fingerprint density at radius 2 is 2.00 bits per heavy atom. The second kappa shape index (κ2) is 8.76. The summed E-state index contributed by atoms with van der Waals surface area (Å²) >= 11 is 0. The second-order valence-electron chi connectivity index (χ2n) is 9.93. The van der Waals surface area contributed by atoms with Gasteiger partial charge in [-0.25, -0.2) is 9.97 Å². The first-order chi connectivity index (χ1) is 15.9. The van der Waals surface area contributed by atoms with Gasteiger partial charge in [0.25, 0.3) is 0 Å². The third kappa shape index (κ3) is 4.59. The summed E-state index contributed by atoms with van der Waals surface area (Å²) in [5.41, 5.74) is 4.24. The van der Waals surface area contributed by atoms with Crippen LogP contribution < -0.4 is 9.80 Å². The molecule has 174 valence electrons. The number of carbonyl (C=O) groups is 2. The minimum atomic E-state index is 0.130. The normalized spacial score (nSPS) is 19.8. The molecule has 3 heterocycles. The number of benzene rings is 1. The van der Waals surface area contributed by atoms with Crippen molar-refractivity contribution in [3.05, 3.63) is 46.9 Å². The van der Waals surface area contributed by atoms with Crippen molar-refractivity contribution in [2.24, 2.45) is 5.92 Å². The maximum absolute atomic E-state index is 12.9. The van der Waals surface area contributed by atoms with E-state index in [4.69, 9.17) is 9.97 Å². The van der Waals surface area contributed by atoms with E-state index in [2.05, 4.69) is 30.0 Å². The average molecular weight is 448 g/mol. The molecule has 2 aromatic rings. The summed E-state index contributed by atoms with van der Waals surface area (Å²) in [6.07, 6.45) is 4.18. The summed E-state index contributed by atoms with van der Waals surface area (Å²) in [5.74, 6) is 2.68. The molecule has 0 N–H and O–H groups in total. The van der Waals surface area contributed by atoms with Crippen LogP contribution in [0.1, 0.15) is 54.2 Å². The molecule has 33 heavy (non-hydrogen) atoms. The van der Waals surface area contributed by atoms with Crippen molar-refractivity contribution >= 4 is 23.3 Å². The molecule has 2 aliphatic heterocycles. The Morgan fingerprint density at radius 1 is 1.18 bits per heavy atom. The number of aryl methyl sites for hydroxylation is 2. The fourth-order valence-electron chi connectivity index (χ4n) is 4.94. The van der Waals surface area contributed by atoms with Crippen LogP contribution >= 0.6 is 0 Å². The van der Waals surface area contributed by atoms with E-state index in [1.807, 2.05) is 29.8 Å². The predicted molar refractivity (Wildman–Crippen MR) is 129 cm³/mol. The van der Waals surface area contributed by atoms with Crippen LogP contribution in [0.25, 0.3) is 0 Å². The van der Waals surface area contributed by atoms with E-state index in [1.54, 1.807) is 0 Å². The number of hydrogen-bond donors (Lipinski definition) is 0. The quantitative estimate of drug-likeness (QED) is 0.652. The van der Waals surface area contributed by atoms with Crippen molar-refractivity contribution < 1.29 is 9.59 Å². The van der Waals surface area contributed by atoms with Gasteiger partial charge in [0.2, 0.25) is 11.8 Å². The number of amides is 2. The van der Waals surface area contributed by atoms with Gasteiger partial charge in [-0.3, -0.25) is 14.5 Å². The number of fused-ring (bicyclic) bond motifs is 1. The first kappa shape index (κ1) is 21.9. The number of nitrogens with zero attached hydrogens (tertiary/aromatic N) is 5. The van der Waals surface area contributed by atoms with E-state index in [1.165, 1.54) is 18.4 Å². The number of hydrogen-bond acceptors (Lipinski definition) is 5. The summed E-state index contributed by atoms with van der Waals surface area (Å²) in [7, 11) is 2.03. The summed E-state index contributed by atoms with van der Waals surface area (Å²) in [4.78, 5) is 41.1. The molecule has 1 saturated heterocycles. The third-order valence-corrected chi connectivity index (χ3v) is 7.24. The molecule has 3 aliphatic rings. The number of anilines is 2. The van der Waals surface area contributed by atoms with Crippen molar-refractivity contribution in [3.63, 3.8) is 0 Å². The van der Waals surface area contributed by atoms with Crippen LogP contribution in [0.2, 0.25) is 0 Å². The molecule has 7 heteroatoms. The van der Waals surface area contributed by atoms with E-state index in [0.29, 0.717) is 31.8 Å². The molecule has 2 amide bonds. The topological polar surface area (TPSA) is 69.6 Å². The van der Waals surface area contributed by atoms with E-state index < -0.39 is 0 Å². The van der Waals surface area contributed by atoms with Gasteiger partial charge in [0.1, 0.15) is 11.6 Å². The van der Waals surface area contributed by atoms with Crippen LogP contribution in [-0.4, -0.2) is 59.9 Å². The molecule has 1 aromatic heterocycles. The molecular formula is C26H33N5O2. The molecular weight excluding hydrogens is 414 g/mol.